The molecule has 0 spiro atoms. The Hall–Kier alpha value is -4.39. The molecule has 1 heterocycles. The highest BCUT2D eigenvalue weighted by atomic mass is 16.6. The maximum absolute atomic E-state index is 12.8. The zero-order valence-electron chi connectivity index (χ0n) is 19.2. The molecule has 1 atom stereocenters. The Bertz CT molecular complexity index is 1360. The van der Waals surface area contributed by atoms with Gasteiger partial charge in [-0.3, -0.25) is 0 Å². The Balaban J connectivity index is 1.47. The van der Waals surface area contributed by atoms with Crippen molar-refractivity contribution in [2.75, 3.05) is 0 Å². The maximum atomic E-state index is 12.8. The number of amides is 1. The van der Waals surface area contributed by atoms with Gasteiger partial charge in [-0.15, -0.1) is 0 Å². The number of carbonyl (C=O) groups excluding carboxylic acids is 2. The van der Waals surface area contributed by atoms with Crippen LogP contribution in [0.25, 0.3) is 22.1 Å². The third-order valence-electron chi connectivity index (χ3n) is 5.39. The van der Waals surface area contributed by atoms with Gasteiger partial charge in [0.05, 0.1) is 0 Å². The van der Waals surface area contributed by atoms with Gasteiger partial charge in [0.2, 0.25) is 0 Å². The van der Waals surface area contributed by atoms with Crippen LogP contribution in [-0.4, -0.2) is 18.1 Å². The lowest BCUT2D eigenvalue weighted by molar-refractivity contribution is -0.136. The topological polar surface area (TPSA) is 94.8 Å². The molecular weight excluding hydrogens is 446 g/mol. The molecule has 178 valence electrons. The summed E-state index contributed by atoms with van der Waals surface area (Å²) in [5, 5.41) is 3.29. The molecule has 0 aliphatic rings. The van der Waals surface area contributed by atoms with E-state index in [1.807, 2.05) is 67.6 Å². The molecule has 0 saturated carbocycles. The number of hydrogen-bond acceptors (Lipinski definition) is 6. The van der Waals surface area contributed by atoms with Crippen LogP contribution in [0.5, 0.6) is 5.75 Å². The minimum absolute atomic E-state index is 0.0913. The Kier molecular flexibility index (Phi) is 7.57. The SMILES string of the molecule is CCCC(NC(=O)OCc1ccccc1)C(=O)Oc1ccc2c(-c3ccccc3)cc(=O)oc2c1. The normalized spacial score (nSPS) is 11.6. The third-order valence-corrected chi connectivity index (χ3v) is 5.39. The van der Waals surface area contributed by atoms with Crippen LogP contribution in [0.15, 0.2) is 94.1 Å². The first-order chi connectivity index (χ1) is 17.0. The van der Waals surface area contributed by atoms with Crippen molar-refractivity contribution in [1.29, 1.82) is 0 Å². The van der Waals surface area contributed by atoms with Gasteiger partial charge in [0.1, 0.15) is 24.0 Å². The van der Waals surface area contributed by atoms with Crippen molar-refractivity contribution in [3.05, 3.63) is 101 Å². The largest absolute Gasteiger partial charge is 0.445 e. The summed E-state index contributed by atoms with van der Waals surface area (Å²) in [6, 6.07) is 24.1. The molecule has 35 heavy (non-hydrogen) atoms. The molecule has 4 rings (SSSR count). The van der Waals surface area contributed by atoms with Gasteiger partial charge in [0.25, 0.3) is 0 Å². The minimum Gasteiger partial charge on any atom is -0.445 e. The summed E-state index contributed by atoms with van der Waals surface area (Å²) in [6.45, 7) is 1.99. The lowest BCUT2D eigenvalue weighted by Crippen LogP contribution is -2.43. The Morgan fingerprint density at radius 3 is 2.37 bits per heavy atom. The molecule has 0 bridgehead atoms. The highest BCUT2D eigenvalue weighted by molar-refractivity contribution is 5.94. The number of benzene rings is 3. The van der Waals surface area contributed by atoms with Crippen molar-refractivity contribution >= 4 is 23.0 Å². The number of ether oxygens (including phenoxy) is 2. The van der Waals surface area contributed by atoms with E-state index in [0.29, 0.717) is 23.8 Å². The summed E-state index contributed by atoms with van der Waals surface area (Å²) in [5.74, 6) is -0.430. The summed E-state index contributed by atoms with van der Waals surface area (Å²) in [7, 11) is 0. The fourth-order valence-corrected chi connectivity index (χ4v) is 3.70. The summed E-state index contributed by atoms with van der Waals surface area (Å²) < 4.78 is 16.1. The number of nitrogens with one attached hydrogen (secondary N) is 1. The lowest BCUT2D eigenvalue weighted by Gasteiger charge is -2.17. The second-order valence-electron chi connectivity index (χ2n) is 7.97. The van der Waals surface area contributed by atoms with E-state index < -0.39 is 23.7 Å². The van der Waals surface area contributed by atoms with Crippen molar-refractivity contribution < 1.29 is 23.5 Å². The molecule has 0 saturated heterocycles. The highest BCUT2D eigenvalue weighted by Gasteiger charge is 2.23. The van der Waals surface area contributed by atoms with Crippen molar-refractivity contribution in [2.24, 2.45) is 0 Å². The predicted molar refractivity (Wildman–Crippen MR) is 132 cm³/mol. The molecule has 7 nitrogen and oxygen atoms in total. The Morgan fingerprint density at radius 1 is 0.943 bits per heavy atom. The van der Waals surface area contributed by atoms with E-state index >= 15 is 0 Å². The van der Waals surface area contributed by atoms with Gasteiger partial charge < -0.3 is 19.2 Å². The maximum Gasteiger partial charge on any atom is 0.408 e. The van der Waals surface area contributed by atoms with E-state index in [4.69, 9.17) is 13.9 Å². The monoisotopic (exact) mass is 471 g/mol. The number of carbonyl (C=O) groups is 2. The molecule has 1 aromatic heterocycles. The van der Waals surface area contributed by atoms with Crippen LogP contribution in [0, 0.1) is 0 Å². The molecular formula is C28H25NO6. The van der Waals surface area contributed by atoms with E-state index in [-0.39, 0.29) is 12.4 Å². The summed E-state index contributed by atoms with van der Waals surface area (Å²) in [6.07, 6.45) is 0.313. The molecule has 0 aliphatic heterocycles. The van der Waals surface area contributed by atoms with Crippen LogP contribution in [-0.2, 0) is 16.1 Å². The van der Waals surface area contributed by atoms with Crippen LogP contribution in [0.2, 0.25) is 0 Å². The zero-order chi connectivity index (χ0) is 24.6. The Labute approximate surface area is 202 Å². The van der Waals surface area contributed by atoms with Gasteiger partial charge in [-0.2, -0.15) is 0 Å². The van der Waals surface area contributed by atoms with Crippen molar-refractivity contribution in [2.45, 2.75) is 32.4 Å². The minimum atomic E-state index is -0.887. The van der Waals surface area contributed by atoms with E-state index in [0.717, 1.165) is 16.7 Å². The van der Waals surface area contributed by atoms with Crippen molar-refractivity contribution in [1.82, 2.24) is 5.32 Å². The predicted octanol–water partition coefficient (Wildman–Crippen LogP) is 5.46. The van der Waals surface area contributed by atoms with E-state index in [9.17, 15) is 14.4 Å². The molecule has 0 fully saturated rings. The quantitative estimate of drug-likeness (QED) is 0.208. The first kappa shape index (κ1) is 23.8. The van der Waals surface area contributed by atoms with Crippen molar-refractivity contribution in [3.63, 3.8) is 0 Å². The van der Waals surface area contributed by atoms with Gasteiger partial charge in [-0.25, -0.2) is 14.4 Å². The molecule has 1 amide bonds. The summed E-state index contributed by atoms with van der Waals surface area (Å²) in [4.78, 5) is 37.2. The molecule has 7 heteroatoms. The highest BCUT2D eigenvalue weighted by Crippen LogP contribution is 2.29. The number of hydrogen-bond donors (Lipinski definition) is 1. The van der Waals surface area contributed by atoms with Crippen LogP contribution in [0.1, 0.15) is 25.3 Å². The lowest BCUT2D eigenvalue weighted by atomic mass is 10.0. The zero-order valence-corrected chi connectivity index (χ0v) is 19.2. The number of fused-ring (bicyclic) bond motifs is 1. The van der Waals surface area contributed by atoms with Crippen molar-refractivity contribution in [3.8, 4) is 16.9 Å². The Morgan fingerprint density at radius 2 is 1.66 bits per heavy atom. The molecule has 1 N–H and O–H groups in total. The van der Waals surface area contributed by atoms with Crippen LogP contribution >= 0.6 is 0 Å². The average Bonchev–Trinajstić information content (AvgIpc) is 2.87. The van der Waals surface area contributed by atoms with E-state index in [2.05, 4.69) is 5.32 Å². The van der Waals surface area contributed by atoms with Gasteiger partial charge >= 0.3 is 17.7 Å². The number of esters is 1. The van der Waals surface area contributed by atoms with Gasteiger partial charge in [-0.05, 0) is 35.2 Å². The van der Waals surface area contributed by atoms with Crippen LogP contribution in [0.4, 0.5) is 4.79 Å². The smallest absolute Gasteiger partial charge is 0.408 e. The first-order valence-electron chi connectivity index (χ1n) is 11.4. The van der Waals surface area contributed by atoms with E-state index in [1.54, 1.807) is 12.1 Å². The van der Waals surface area contributed by atoms with Gasteiger partial charge in [0.15, 0.2) is 0 Å². The fraction of sp³-hybridized carbons (Fsp3) is 0.179. The van der Waals surface area contributed by atoms with Gasteiger partial charge in [0, 0.05) is 17.5 Å². The van der Waals surface area contributed by atoms with Gasteiger partial charge in [-0.1, -0.05) is 74.0 Å². The molecule has 3 aromatic carbocycles. The molecule has 0 radical (unpaired) electrons. The molecule has 1 unspecified atom stereocenters. The second-order valence-corrected chi connectivity index (χ2v) is 7.97. The second kappa shape index (κ2) is 11.2. The van der Waals surface area contributed by atoms with Crippen LogP contribution in [0.3, 0.4) is 0 Å². The average molecular weight is 472 g/mol. The van der Waals surface area contributed by atoms with Crippen LogP contribution < -0.4 is 15.7 Å². The number of alkyl carbamates (subject to hydrolysis) is 1. The third kappa shape index (κ3) is 6.14. The summed E-state index contributed by atoms with van der Waals surface area (Å²) in [5.41, 5.74) is 2.22. The molecule has 4 aromatic rings. The molecule has 0 aliphatic carbocycles. The summed E-state index contributed by atoms with van der Waals surface area (Å²) >= 11 is 0. The standard InChI is InChI=1S/C28H25NO6/c1-2-9-24(29-28(32)33-18-19-10-5-3-6-11-19)27(31)34-21-14-15-22-23(20-12-7-4-8-13-20)17-26(30)35-25(22)16-21/h3-8,10-17,24H,2,9,18H2,1H3,(H,29,32). The fourth-order valence-electron chi connectivity index (χ4n) is 3.70. The number of rotatable bonds is 8. The van der Waals surface area contributed by atoms with E-state index in [1.165, 1.54) is 12.1 Å². The first-order valence-corrected chi connectivity index (χ1v) is 11.4.